The zero-order chi connectivity index (χ0) is 25.0. The normalized spacial score (nSPS) is 11.4. The molecule has 0 fully saturated rings. The van der Waals surface area contributed by atoms with Crippen LogP contribution in [-0.2, 0) is 23.9 Å². The van der Waals surface area contributed by atoms with E-state index in [1.54, 1.807) is 0 Å². The van der Waals surface area contributed by atoms with Gasteiger partial charge in [0.15, 0.2) is 5.60 Å². The molecule has 33 heavy (non-hydrogen) atoms. The van der Waals surface area contributed by atoms with E-state index in [1.165, 1.54) is 44.9 Å². The van der Waals surface area contributed by atoms with E-state index in [9.17, 15) is 19.2 Å². The molecule has 0 spiro atoms. The minimum Gasteiger partial charge on any atom is -1.00 e. The van der Waals surface area contributed by atoms with Crippen LogP contribution in [0.25, 0.3) is 0 Å². The monoisotopic (exact) mass is 506 g/mol. The molecule has 0 aliphatic heterocycles. The molecule has 0 saturated heterocycles. The van der Waals surface area contributed by atoms with E-state index in [0.717, 1.165) is 12.8 Å². The number of aliphatic carboxylic acids is 3. The molecule has 11 nitrogen and oxygen atoms in total. The Labute approximate surface area is 238 Å². The van der Waals surface area contributed by atoms with Crippen LogP contribution in [0.3, 0.4) is 0 Å². The summed E-state index contributed by atoms with van der Waals surface area (Å²) < 4.78 is 4.82. The fourth-order valence-electron chi connectivity index (χ4n) is 2.61. The largest absolute Gasteiger partial charge is 1.00 e. The zero-order valence-corrected chi connectivity index (χ0v) is 22.8. The minimum absolute atomic E-state index is 0. The Morgan fingerprint density at radius 2 is 1.27 bits per heavy atom. The number of rotatable bonds is 18. The van der Waals surface area contributed by atoms with Crippen LogP contribution < -0.4 is 51.4 Å². The first-order valence-corrected chi connectivity index (χ1v) is 10.8. The van der Waals surface area contributed by atoms with E-state index in [2.05, 4.69) is 6.92 Å². The topological polar surface area (TPSA) is 199 Å². The van der Waals surface area contributed by atoms with Gasteiger partial charge in [-0.15, -0.1) is 0 Å². The molecule has 1 atom stereocenters. The van der Waals surface area contributed by atoms with Crippen molar-refractivity contribution in [2.75, 3.05) is 13.2 Å². The number of aliphatic hydroxyl groups excluding tert-OH is 2. The second kappa shape index (κ2) is 23.2. The van der Waals surface area contributed by atoms with Crippen LogP contribution in [0.1, 0.15) is 85.4 Å². The molecule has 0 rings (SSSR count). The molecule has 0 radical (unpaired) electrons. The quantitative estimate of drug-likeness (QED) is 0.0731. The van der Waals surface area contributed by atoms with Gasteiger partial charge in [0, 0.05) is 6.42 Å². The average Bonchev–Trinajstić information content (AvgIpc) is 2.69. The van der Waals surface area contributed by atoms with Crippen molar-refractivity contribution in [3.8, 4) is 0 Å². The number of carbonyl (C=O) groups is 4. The summed E-state index contributed by atoms with van der Waals surface area (Å²) in [4.78, 5) is 41.7. The third-order valence-electron chi connectivity index (χ3n) is 4.42. The molecular formula is C21H39KO11. The molecule has 0 saturated carbocycles. The number of hydrogen-bond acceptors (Lipinski definition) is 8. The Kier molecular flexibility index (Phi) is 25.9. The Morgan fingerprint density at radius 1 is 0.848 bits per heavy atom. The summed E-state index contributed by atoms with van der Waals surface area (Å²) in [7, 11) is 0. The van der Waals surface area contributed by atoms with Crippen LogP contribution in [0.4, 0.5) is 0 Å². The number of aliphatic hydroxyl groups is 3. The summed E-state index contributed by atoms with van der Waals surface area (Å²) in [5.74, 6) is -5.30. The molecule has 0 aromatic heterocycles. The Bertz CT molecular complexity index is 545. The maximum absolute atomic E-state index is 11.3. The average molecular weight is 507 g/mol. The van der Waals surface area contributed by atoms with Crippen LogP contribution in [0.15, 0.2) is 0 Å². The van der Waals surface area contributed by atoms with Gasteiger partial charge in [0.05, 0.1) is 19.4 Å². The van der Waals surface area contributed by atoms with Gasteiger partial charge >= 0.3 is 75.3 Å². The first-order chi connectivity index (χ1) is 15.0. The van der Waals surface area contributed by atoms with Crippen LogP contribution >= 0.6 is 0 Å². The number of unbranched alkanes of at least 4 members (excludes halogenated alkanes) is 8. The van der Waals surface area contributed by atoms with Gasteiger partial charge in [0.2, 0.25) is 0 Å². The summed E-state index contributed by atoms with van der Waals surface area (Å²) in [6.45, 7) is 1.75. The standard InChI is InChI=1S/C15H30O4.C6H8O7.K.H/c1-2-3-4-5-6-7-8-9-10-11-15(18)19-13-14(17)12-16;7-3(8)1-6(13,5(11)12)2-4(9)10;;/h14,16-17H,2-13H2,1H3;13H,1-2H2,(H,7,8)(H,9,10)(H,11,12);;/q;;+1;-1. The van der Waals surface area contributed by atoms with Crippen molar-refractivity contribution in [1.29, 1.82) is 0 Å². The molecule has 0 aliphatic carbocycles. The Balaban J connectivity index is -0.000000266. The third-order valence-corrected chi connectivity index (χ3v) is 4.42. The molecule has 0 aliphatic rings. The van der Waals surface area contributed by atoms with Crippen LogP contribution in [-0.4, -0.2) is 79.4 Å². The van der Waals surface area contributed by atoms with Crippen molar-refractivity contribution in [1.82, 2.24) is 0 Å². The van der Waals surface area contributed by atoms with Crippen LogP contribution in [0.5, 0.6) is 0 Å². The first-order valence-electron chi connectivity index (χ1n) is 10.8. The van der Waals surface area contributed by atoms with Crippen molar-refractivity contribution >= 4 is 23.9 Å². The van der Waals surface area contributed by atoms with Gasteiger partial charge in [-0.1, -0.05) is 58.3 Å². The van der Waals surface area contributed by atoms with E-state index < -0.39 is 42.5 Å². The van der Waals surface area contributed by atoms with Crippen molar-refractivity contribution < 1.29 is 107 Å². The van der Waals surface area contributed by atoms with Gasteiger partial charge < -0.3 is 36.8 Å². The van der Waals surface area contributed by atoms with Crippen LogP contribution in [0.2, 0.25) is 0 Å². The van der Waals surface area contributed by atoms with E-state index in [-0.39, 0.29) is 72.0 Å². The van der Waals surface area contributed by atoms with E-state index in [1.807, 2.05) is 0 Å². The minimum atomic E-state index is -2.74. The summed E-state index contributed by atoms with van der Waals surface area (Å²) in [5.41, 5.74) is -2.74. The molecule has 6 N–H and O–H groups in total. The Hall–Kier alpha value is -0.604. The van der Waals surface area contributed by atoms with E-state index in [4.69, 9.17) is 35.4 Å². The van der Waals surface area contributed by atoms with Gasteiger partial charge in [-0.3, -0.25) is 14.4 Å². The number of carbonyl (C=O) groups excluding carboxylic acids is 1. The number of carboxylic acid groups (broad SMARTS) is 3. The third kappa shape index (κ3) is 24.3. The zero-order valence-electron chi connectivity index (χ0n) is 20.7. The van der Waals surface area contributed by atoms with Crippen molar-refractivity contribution in [3.05, 3.63) is 0 Å². The molecule has 12 heteroatoms. The number of hydrogen-bond donors (Lipinski definition) is 6. The summed E-state index contributed by atoms with van der Waals surface area (Å²) in [6, 6.07) is 0. The molecule has 0 amide bonds. The second-order valence-corrected chi connectivity index (χ2v) is 7.58. The van der Waals surface area contributed by atoms with Gasteiger partial charge in [0.25, 0.3) is 0 Å². The van der Waals surface area contributed by atoms with Crippen molar-refractivity contribution in [3.63, 3.8) is 0 Å². The molecule has 0 heterocycles. The predicted molar refractivity (Wildman–Crippen MR) is 114 cm³/mol. The SMILES string of the molecule is CCCCCCCCCCCC(=O)OCC(O)CO.O=C(O)CC(O)(CC(=O)O)C(=O)O.[H-].[K+]. The Morgan fingerprint density at radius 3 is 1.64 bits per heavy atom. The smallest absolute Gasteiger partial charge is 1.00 e. The number of ether oxygens (including phenoxy) is 1. The summed E-state index contributed by atoms with van der Waals surface area (Å²) in [5, 5.41) is 51.4. The van der Waals surface area contributed by atoms with Crippen LogP contribution in [0, 0.1) is 0 Å². The molecule has 0 aromatic carbocycles. The molecule has 0 bridgehead atoms. The predicted octanol–water partition coefficient (Wildman–Crippen LogP) is -1.33. The van der Waals surface area contributed by atoms with Gasteiger partial charge in [-0.2, -0.15) is 0 Å². The number of esters is 1. The van der Waals surface area contributed by atoms with Gasteiger partial charge in [-0.25, -0.2) is 4.79 Å². The van der Waals surface area contributed by atoms with Crippen molar-refractivity contribution in [2.24, 2.45) is 0 Å². The summed E-state index contributed by atoms with van der Waals surface area (Å²) >= 11 is 0. The van der Waals surface area contributed by atoms with Crippen molar-refractivity contribution in [2.45, 2.75) is 95.7 Å². The van der Waals surface area contributed by atoms with Gasteiger partial charge in [0.1, 0.15) is 12.7 Å². The first kappa shape index (κ1) is 37.0. The second-order valence-electron chi connectivity index (χ2n) is 7.58. The van der Waals surface area contributed by atoms with Gasteiger partial charge in [-0.05, 0) is 6.42 Å². The molecule has 0 aromatic rings. The number of carboxylic acids is 3. The van der Waals surface area contributed by atoms with E-state index >= 15 is 0 Å². The molecule has 1 unspecified atom stereocenters. The molecule has 190 valence electrons. The fourth-order valence-corrected chi connectivity index (χ4v) is 2.61. The maximum atomic E-state index is 11.3. The fraction of sp³-hybridized carbons (Fsp3) is 0.810. The summed E-state index contributed by atoms with van der Waals surface area (Å²) in [6.07, 6.45) is 8.11. The molecular weight excluding hydrogens is 467 g/mol. The maximum Gasteiger partial charge on any atom is 1.00 e. The van der Waals surface area contributed by atoms with E-state index in [0.29, 0.717) is 6.42 Å².